The first-order valence-corrected chi connectivity index (χ1v) is 4.38. The van der Waals surface area contributed by atoms with Crippen LogP contribution >= 0.6 is 31.9 Å². The number of hydrogen-bond donors (Lipinski definition) is 0. The molecule has 0 fully saturated rings. The molecule has 0 spiro atoms. The molecule has 8 heavy (non-hydrogen) atoms. The Morgan fingerprint density at radius 1 is 1.75 bits per heavy atom. The molecule has 1 unspecified atom stereocenters. The molecular formula is C6H10Br2. The van der Waals surface area contributed by atoms with E-state index in [9.17, 15) is 0 Å². The molecule has 0 aromatic rings. The van der Waals surface area contributed by atoms with E-state index in [4.69, 9.17) is 0 Å². The maximum Gasteiger partial charge on any atom is 0.0307 e. The van der Waals surface area contributed by atoms with Crippen LogP contribution in [-0.2, 0) is 0 Å². The summed E-state index contributed by atoms with van der Waals surface area (Å²) in [6.45, 7) is 4.22. The Balaban J connectivity index is 3.56. The van der Waals surface area contributed by atoms with Crippen LogP contribution in [0.5, 0.6) is 0 Å². The van der Waals surface area contributed by atoms with Gasteiger partial charge in [0.15, 0.2) is 0 Å². The first-order chi connectivity index (χ1) is 3.66. The fourth-order valence-corrected chi connectivity index (χ4v) is 1.44. The lowest BCUT2D eigenvalue weighted by Crippen LogP contribution is -1.81. The molecule has 48 valence electrons. The second kappa shape index (κ2) is 4.57. The minimum Gasteiger partial charge on any atom is -0.0848 e. The van der Waals surface area contributed by atoms with Crippen LogP contribution in [0.2, 0.25) is 0 Å². The number of allylic oxidation sites excluding steroid dienone is 2. The van der Waals surface area contributed by atoms with Crippen molar-refractivity contribution in [1.82, 2.24) is 0 Å². The van der Waals surface area contributed by atoms with Crippen molar-refractivity contribution in [2.45, 2.75) is 25.1 Å². The second-order valence-electron chi connectivity index (χ2n) is 1.64. The highest BCUT2D eigenvalue weighted by Gasteiger charge is 1.89. The number of halogens is 2. The molecule has 0 aliphatic carbocycles. The summed E-state index contributed by atoms with van der Waals surface area (Å²) in [5, 5.41) is 0. The smallest absolute Gasteiger partial charge is 0.0307 e. The van der Waals surface area contributed by atoms with Crippen molar-refractivity contribution in [3.8, 4) is 0 Å². The largest absolute Gasteiger partial charge is 0.0848 e. The third kappa shape index (κ3) is 4.85. The predicted octanol–water partition coefficient (Wildman–Crippen LogP) is 3.46. The summed E-state index contributed by atoms with van der Waals surface area (Å²) >= 11 is 6.82. The fourth-order valence-electron chi connectivity index (χ4n) is 0.367. The zero-order chi connectivity index (χ0) is 6.57. The summed E-state index contributed by atoms with van der Waals surface area (Å²) in [5.41, 5.74) is 0. The van der Waals surface area contributed by atoms with Crippen molar-refractivity contribution in [3.63, 3.8) is 0 Å². The molecule has 0 saturated heterocycles. The summed E-state index contributed by atoms with van der Waals surface area (Å²) in [4.78, 5) is 0.483. The lowest BCUT2D eigenvalue weighted by Gasteiger charge is -1.93. The number of hydrogen-bond acceptors (Lipinski definition) is 0. The number of rotatable bonds is 2. The molecule has 0 bridgehead atoms. The monoisotopic (exact) mass is 240 g/mol. The van der Waals surface area contributed by atoms with Crippen molar-refractivity contribution in [1.29, 1.82) is 0 Å². The molecule has 0 nitrogen and oxygen atoms in total. The quantitative estimate of drug-likeness (QED) is 0.650. The van der Waals surface area contributed by atoms with Gasteiger partial charge in [-0.2, -0.15) is 0 Å². The predicted molar refractivity (Wildman–Crippen MR) is 45.7 cm³/mol. The van der Waals surface area contributed by atoms with Gasteiger partial charge in [-0.25, -0.2) is 0 Å². The molecule has 0 aliphatic heterocycles. The van der Waals surface area contributed by atoms with E-state index in [1.165, 1.54) is 4.48 Å². The van der Waals surface area contributed by atoms with Gasteiger partial charge >= 0.3 is 0 Å². The summed E-state index contributed by atoms with van der Waals surface area (Å²) in [7, 11) is 0. The van der Waals surface area contributed by atoms with E-state index >= 15 is 0 Å². The molecule has 0 aromatic heterocycles. The van der Waals surface area contributed by atoms with Crippen molar-refractivity contribution in [2.75, 3.05) is 0 Å². The van der Waals surface area contributed by atoms with Crippen LogP contribution in [0.15, 0.2) is 10.6 Å². The second-order valence-corrected chi connectivity index (χ2v) is 4.11. The summed E-state index contributed by atoms with van der Waals surface area (Å²) in [5.74, 6) is 0. The topological polar surface area (TPSA) is 0 Å². The Hall–Kier alpha value is 0.700. The molecule has 0 heterocycles. The Kier molecular flexibility index (Phi) is 4.97. The van der Waals surface area contributed by atoms with Crippen LogP contribution in [0.1, 0.15) is 20.3 Å². The molecule has 0 amide bonds. The van der Waals surface area contributed by atoms with Gasteiger partial charge in [0.05, 0.1) is 0 Å². The summed E-state index contributed by atoms with van der Waals surface area (Å²) in [6.07, 6.45) is 3.22. The van der Waals surface area contributed by atoms with Gasteiger partial charge in [0.2, 0.25) is 0 Å². The molecular weight excluding hydrogens is 232 g/mol. The Bertz CT molecular complexity index is 84.5. The maximum absolute atomic E-state index is 3.41. The standard InChI is InChI=1S/C6H10Br2/c1-3-6(8)4-5(2)7/h4-5H,3H2,1-2H3/b6-4+. The third-order valence-electron chi connectivity index (χ3n) is 0.748. The van der Waals surface area contributed by atoms with Crippen molar-refractivity contribution >= 4 is 31.9 Å². The molecule has 0 radical (unpaired) electrons. The average molecular weight is 242 g/mol. The molecule has 0 saturated carbocycles. The molecule has 2 heteroatoms. The lowest BCUT2D eigenvalue weighted by molar-refractivity contribution is 1.16. The van der Waals surface area contributed by atoms with E-state index in [1.54, 1.807) is 0 Å². The van der Waals surface area contributed by atoms with Crippen molar-refractivity contribution < 1.29 is 0 Å². The van der Waals surface area contributed by atoms with Gasteiger partial charge in [-0.3, -0.25) is 0 Å². The first kappa shape index (κ1) is 8.70. The SMILES string of the molecule is CC/C(Br)=C\C(C)Br. The lowest BCUT2D eigenvalue weighted by atomic mass is 10.3. The fraction of sp³-hybridized carbons (Fsp3) is 0.667. The highest BCUT2D eigenvalue weighted by Crippen LogP contribution is 2.12. The van der Waals surface area contributed by atoms with E-state index in [0.717, 1.165) is 6.42 Å². The Labute approximate surface area is 67.6 Å². The number of alkyl halides is 1. The highest BCUT2D eigenvalue weighted by molar-refractivity contribution is 9.12. The van der Waals surface area contributed by atoms with Gasteiger partial charge in [0, 0.05) is 4.83 Å². The molecule has 1 atom stereocenters. The first-order valence-electron chi connectivity index (χ1n) is 2.67. The molecule has 0 rings (SSSR count). The van der Waals surface area contributed by atoms with Crippen LogP contribution < -0.4 is 0 Å². The average Bonchev–Trinajstić information content (AvgIpc) is 1.65. The maximum atomic E-state index is 3.41. The van der Waals surface area contributed by atoms with E-state index in [0.29, 0.717) is 4.83 Å². The minimum atomic E-state index is 0.483. The molecule has 0 aliphatic rings. The van der Waals surface area contributed by atoms with Crippen LogP contribution in [0, 0.1) is 0 Å². The highest BCUT2D eigenvalue weighted by atomic mass is 79.9. The van der Waals surface area contributed by atoms with Gasteiger partial charge in [-0.05, 0) is 17.8 Å². The van der Waals surface area contributed by atoms with E-state index in [1.807, 2.05) is 0 Å². The summed E-state index contributed by atoms with van der Waals surface area (Å²) in [6, 6.07) is 0. The van der Waals surface area contributed by atoms with Crippen LogP contribution in [0.25, 0.3) is 0 Å². The third-order valence-corrected chi connectivity index (χ3v) is 1.84. The molecule has 0 N–H and O–H groups in total. The van der Waals surface area contributed by atoms with E-state index in [-0.39, 0.29) is 0 Å². The van der Waals surface area contributed by atoms with Crippen molar-refractivity contribution in [3.05, 3.63) is 10.6 Å². The van der Waals surface area contributed by atoms with Gasteiger partial charge in [-0.1, -0.05) is 44.9 Å². The van der Waals surface area contributed by atoms with Crippen LogP contribution in [0.3, 0.4) is 0 Å². The van der Waals surface area contributed by atoms with Gasteiger partial charge < -0.3 is 0 Å². The van der Waals surface area contributed by atoms with Crippen LogP contribution in [0.4, 0.5) is 0 Å². The van der Waals surface area contributed by atoms with Gasteiger partial charge in [0.25, 0.3) is 0 Å². The van der Waals surface area contributed by atoms with Gasteiger partial charge in [0.1, 0.15) is 0 Å². The Morgan fingerprint density at radius 3 is 2.38 bits per heavy atom. The van der Waals surface area contributed by atoms with E-state index < -0.39 is 0 Å². The van der Waals surface area contributed by atoms with E-state index in [2.05, 4.69) is 51.8 Å². The van der Waals surface area contributed by atoms with Gasteiger partial charge in [-0.15, -0.1) is 0 Å². The Morgan fingerprint density at radius 2 is 2.25 bits per heavy atom. The van der Waals surface area contributed by atoms with Crippen LogP contribution in [-0.4, -0.2) is 4.83 Å². The minimum absolute atomic E-state index is 0.483. The van der Waals surface area contributed by atoms with Crippen molar-refractivity contribution in [2.24, 2.45) is 0 Å². The summed E-state index contributed by atoms with van der Waals surface area (Å²) < 4.78 is 1.27. The zero-order valence-corrected chi connectivity index (χ0v) is 8.29. The molecule has 0 aromatic carbocycles. The normalized spacial score (nSPS) is 16.2. The zero-order valence-electron chi connectivity index (χ0n) is 5.12.